The van der Waals surface area contributed by atoms with Gasteiger partial charge in [0.2, 0.25) is 0 Å². The second kappa shape index (κ2) is 7.53. The molecule has 0 radical (unpaired) electrons. The monoisotopic (exact) mass is 418 g/mol. The lowest BCUT2D eigenvalue weighted by Gasteiger charge is -2.23. The van der Waals surface area contributed by atoms with Crippen LogP contribution in [0.5, 0.6) is 5.75 Å². The molecule has 6 rings (SSSR count). The normalized spacial score (nSPS) is 22.5. The van der Waals surface area contributed by atoms with Gasteiger partial charge in [-0.1, -0.05) is 24.3 Å². The maximum atomic E-state index is 13.4. The Labute approximate surface area is 183 Å². The number of rotatable bonds is 7. The summed E-state index contributed by atoms with van der Waals surface area (Å²) in [5.41, 5.74) is 9.83. The molecule has 4 fully saturated rings. The van der Waals surface area contributed by atoms with Gasteiger partial charge in [0.1, 0.15) is 5.75 Å². The molecule has 0 aromatic heterocycles. The molecule has 1 spiro atoms. The van der Waals surface area contributed by atoms with E-state index in [0.29, 0.717) is 12.5 Å². The second-order valence-corrected chi connectivity index (χ2v) is 9.63. The molecule has 2 aromatic rings. The van der Waals surface area contributed by atoms with Gasteiger partial charge in [-0.2, -0.15) is 0 Å². The van der Waals surface area contributed by atoms with Crippen LogP contribution in [0.4, 0.5) is 10.5 Å². The Kier molecular flexibility index (Phi) is 4.65. The summed E-state index contributed by atoms with van der Waals surface area (Å²) < 4.78 is 5.95. The first-order valence-electron chi connectivity index (χ1n) is 11.6. The third-order valence-corrected chi connectivity index (χ3v) is 7.23. The van der Waals surface area contributed by atoms with Crippen molar-refractivity contribution in [3.63, 3.8) is 0 Å². The topological polar surface area (TPSA) is 56.8 Å². The minimum absolute atomic E-state index is 0.0000777. The van der Waals surface area contributed by atoms with Gasteiger partial charge in [-0.3, -0.25) is 15.8 Å². The van der Waals surface area contributed by atoms with E-state index in [-0.39, 0.29) is 11.6 Å². The van der Waals surface area contributed by atoms with E-state index in [0.717, 1.165) is 62.0 Å². The number of carbonyl (C=O) groups excluding carboxylic acids is 1. The molecular formula is C25H30N4O2. The van der Waals surface area contributed by atoms with Crippen molar-refractivity contribution >= 4 is 11.7 Å². The first-order valence-corrected chi connectivity index (χ1v) is 11.6. The van der Waals surface area contributed by atoms with E-state index in [2.05, 4.69) is 52.1 Å². The summed E-state index contributed by atoms with van der Waals surface area (Å²) in [4.78, 5) is 17.5. The van der Waals surface area contributed by atoms with Crippen molar-refractivity contribution in [1.82, 2.24) is 15.8 Å². The molecule has 2 saturated heterocycles. The van der Waals surface area contributed by atoms with Crippen LogP contribution < -0.4 is 20.5 Å². The predicted octanol–water partition coefficient (Wildman–Crippen LogP) is 3.64. The molecule has 2 amide bonds. The lowest BCUT2D eigenvalue weighted by atomic mass is 10.00. The fourth-order valence-electron chi connectivity index (χ4n) is 4.85. The summed E-state index contributed by atoms with van der Waals surface area (Å²) in [5.74, 6) is 2.15. The summed E-state index contributed by atoms with van der Waals surface area (Å²) in [6.45, 7) is 4.14. The van der Waals surface area contributed by atoms with Crippen molar-refractivity contribution in [2.45, 2.75) is 43.7 Å². The van der Waals surface area contributed by atoms with Gasteiger partial charge >= 0.3 is 6.03 Å². The van der Waals surface area contributed by atoms with E-state index in [9.17, 15) is 4.79 Å². The van der Waals surface area contributed by atoms with Crippen LogP contribution in [0.3, 0.4) is 0 Å². The lowest BCUT2D eigenvalue weighted by molar-refractivity contribution is 0.197. The number of hydrogen-bond donors (Lipinski definition) is 2. The average Bonchev–Trinajstić information content (AvgIpc) is 3.71. The van der Waals surface area contributed by atoms with E-state index in [4.69, 9.17) is 4.74 Å². The van der Waals surface area contributed by atoms with Crippen molar-refractivity contribution in [3.05, 3.63) is 59.7 Å². The fourth-order valence-corrected chi connectivity index (χ4v) is 4.85. The zero-order valence-electron chi connectivity index (χ0n) is 17.8. The minimum atomic E-state index is -0.0000777. The summed E-state index contributed by atoms with van der Waals surface area (Å²) in [6, 6.07) is 17.0. The van der Waals surface area contributed by atoms with Crippen molar-refractivity contribution in [3.8, 4) is 5.75 Å². The van der Waals surface area contributed by atoms with Crippen molar-refractivity contribution < 1.29 is 9.53 Å². The Morgan fingerprint density at radius 2 is 1.81 bits per heavy atom. The predicted molar refractivity (Wildman–Crippen MR) is 120 cm³/mol. The molecule has 6 nitrogen and oxygen atoms in total. The molecule has 0 atom stereocenters. The van der Waals surface area contributed by atoms with E-state index in [1.165, 1.54) is 18.4 Å². The number of anilines is 1. The average molecular weight is 419 g/mol. The second-order valence-electron chi connectivity index (χ2n) is 9.63. The number of benzene rings is 2. The Bertz CT molecular complexity index is 962. The van der Waals surface area contributed by atoms with Gasteiger partial charge in [0.15, 0.2) is 0 Å². The summed E-state index contributed by atoms with van der Waals surface area (Å²) in [7, 11) is 0. The van der Waals surface area contributed by atoms with Gasteiger partial charge in [-0.15, -0.1) is 0 Å². The van der Waals surface area contributed by atoms with Gasteiger partial charge in [-0.25, -0.2) is 4.79 Å². The zero-order valence-corrected chi connectivity index (χ0v) is 17.8. The van der Waals surface area contributed by atoms with Crippen LogP contribution in [0, 0.1) is 5.92 Å². The SMILES string of the molecule is O=C1N(c2ccc(C3CNNC3)cc2)CC2(CC2)N1Cc1cccc(OCC2CC2)c1. The highest BCUT2D eigenvalue weighted by atomic mass is 16.5. The number of nitrogens with zero attached hydrogens (tertiary/aromatic N) is 2. The van der Waals surface area contributed by atoms with E-state index >= 15 is 0 Å². The maximum Gasteiger partial charge on any atom is 0.325 e. The van der Waals surface area contributed by atoms with E-state index in [1.54, 1.807) is 0 Å². The number of amides is 2. The van der Waals surface area contributed by atoms with Crippen molar-refractivity contribution in [2.24, 2.45) is 5.92 Å². The van der Waals surface area contributed by atoms with Gasteiger partial charge < -0.3 is 9.64 Å². The highest BCUT2D eigenvalue weighted by Gasteiger charge is 2.57. The molecule has 2 aromatic carbocycles. The van der Waals surface area contributed by atoms with Crippen LogP contribution in [0.15, 0.2) is 48.5 Å². The highest BCUT2D eigenvalue weighted by molar-refractivity contribution is 5.96. The van der Waals surface area contributed by atoms with E-state index < -0.39 is 0 Å². The molecule has 162 valence electrons. The first-order chi connectivity index (χ1) is 15.2. The van der Waals surface area contributed by atoms with Crippen LogP contribution in [-0.2, 0) is 6.54 Å². The number of ether oxygens (including phenoxy) is 1. The molecule has 4 aliphatic rings. The number of carbonyl (C=O) groups is 1. The Morgan fingerprint density at radius 3 is 2.52 bits per heavy atom. The van der Waals surface area contributed by atoms with E-state index in [1.807, 2.05) is 17.0 Å². The molecular weight excluding hydrogens is 388 g/mol. The van der Waals surface area contributed by atoms with Crippen LogP contribution in [0.1, 0.15) is 42.7 Å². The molecule has 2 aliphatic heterocycles. The van der Waals surface area contributed by atoms with Gasteiger partial charge in [0.25, 0.3) is 0 Å². The van der Waals surface area contributed by atoms with Crippen molar-refractivity contribution in [1.29, 1.82) is 0 Å². The first kappa shape index (κ1) is 19.1. The fraction of sp³-hybridized carbons (Fsp3) is 0.480. The third-order valence-electron chi connectivity index (χ3n) is 7.23. The number of nitrogens with one attached hydrogen (secondary N) is 2. The lowest BCUT2D eigenvalue weighted by Crippen LogP contribution is -2.35. The smallest absolute Gasteiger partial charge is 0.325 e. The Morgan fingerprint density at radius 1 is 1.03 bits per heavy atom. The minimum Gasteiger partial charge on any atom is -0.493 e. The Hall–Kier alpha value is -2.57. The molecule has 31 heavy (non-hydrogen) atoms. The summed E-state index contributed by atoms with van der Waals surface area (Å²) in [6.07, 6.45) is 4.75. The maximum absolute atomic E-state index is 13.4. The molecule has 0 bridgehead atoms. The summed E-state index contributed by atoms with van der Waals surface area (Å²) in [5, 5.41) is 0. The summed E-state index contributed by atoms with van der Waals surface area (Å²) >= 11 is 0. The number of urea groups is 1. The van der Waals surface area contributed by atoms with Gasteiger partial charge in [0, 0.05) is 31.2 Å². The molecule has 0 unspecified atom stereocenters. The van der Waals surface area contributed by atoms with Crippen LogP contribution in [-0.4, -0.2) is 42.7 Å². The number of hydrogen-bond acceptors (Lipinski definition) is 4. The zero-order chi connectivity index (χ0) is 20.8. The third kappa shape index (κ3) is 3.79. The molecule has 2 heterocycles. The largest absolute Gasteiger partial charge is 0.493 e. The van der Waals surface area contributed by atoms with Crippen molar-refractivity contribution in [2.75, 3.05) is 31.1 Å². The molecule has 2 aliphatic carbocycles. The number of hydrazine groups is 1. The Balaban J connectivity index is 1.17. The molecule has 2 saturated carbocycles. The van der Waals surface area contributed by atoms with Gasteiger partial charge in [-0.05, 0) is 67.0 Å². The highest BCUT2D eigenvalue weighted by Crippen LogP contribution is 2.48. The quantitative estimate of drug-likeness (QED) is 0.721. The van der Waals surface area contributed by atoms with Crippen LogP contribution in [0.25, 0.3) is 0 Å². The van der Waals surface area contributed by atoms with Crippen LogP contribution in [0.2, 0.25) is 0 Å². The standard InChI is InChI=1S/C25H30N4O2/c30-24-28(22-8-6-20(7-9-22)21-13-26-27-14-21)17-25(10-11-25)29(24)15-19-2-1-3-23(12-19)31-16-18-4-5-18/h1-3,6-9,12,18,21,26-27H,4-5,10-11,13-17H2. The van der Waals surface area contributed by atoms with Crippen LogP contribution >= 0.6 is 0 Å². The van der Waals surface area contributed by atoms with Gasteiger partial charge in [0.05, 0.1) is 18.7 Å². The molecule has 2 N–H and O–H groups in total. The molecule has 6 heteroatoms.